The molecule has 0 bridgehead atoms. The van der Waals surface area contributed by atoms with E-state index in [1.807, 2.05) is 24.3 Å². The standard InChI is InChI=1S/C22H32BrN7O/c1-4-5-11-26-22(31)29-18-8-6-17(7-9-18)28-21-27-14-19(23)20(30-21)25-12-10-16(13-24)15(2)3/h6-9,13-15H,4-5,10-12,24H2,1-3H3,(H2,26,29,31)(H2,25,27,28,30)/b16-13-. The first-order valence-electron chi connectivity index (χ1n) is 10.5. The van der Waals surface area contributed by atoms with Crippen LogP contribution in [0.4, 0.5) is 27.9 Å². The molecule has 0 radical (unpaired) electrons. The minimum Gasteiger partial charge on any atom is -0.405 e. The van der Waals surface area contributed by atoms with Crippen LogP contribution in [0.2, 0.25) is 0 Å². The van der Waals surface area contributed by atoms with Gasteiger partial charge < -0.3 is 27.0 Å². The maximum atomic E-state index is 11.8. The SMILES string of the molecule is CCCCNC(=O)Nc1ccc(Nc2ncc(Br)c(NCC/C(=C/N)C(C)C)n2)cc1. The zero-order chi connectivity index (χ0) is 22.6. The molecule has 2 amide bonds. The summed E-state index contributed by atoms with van der Waals surface area (Å²) in [5, 5.41) is 12.1. The minimum absolute atomic E-state index is 0.203. The van der Waals surface area contributed by atoms with Crippen molar-refractivity contribution in [1.29, 1.82) is 0 Å². The van der Waals surface area contributed by atoms with Gasteiger partial charge in [0.25, 0.3) is 0 Å². The number of halogens is 1. The lowest BCUT2D eigenvalue weighted by molar-refractivity contribution is 0.252. The average Bonchev–Trinajstić information content (AvgIpc) is 2.74. The summed E-state index contributed by atoms with van der Waals surface area (Å²) in [7, 11) is 0. The van der Waals surface area contributed by atoms with Gasteiger partial charge in [-0.2, -0.15) is 4.98 Å². The van der Waals surface area contributed by atoms with E-state index in [0.717, 1.165) is 36.0 Å². The third kappa shape index (κ3) is 8.45. The molecular formula is C22H32BrN7O. The summed E-state index contributed by atoms with van der Waals surface area (Å²) in [4.78, 5) is 20.7. The van der Waals surface area contributed by atoms with Crippen LogP contribution in [0.5, 0.6) is 0 Å². The lowest BCUT2D eigenvalue weighted by Gasteiger charge is -2.13. The van der Waals surface area contributed by atoms with E-state index < -0.39 is 0 Å². The molecule has 0 fully saturated rings. The summed E-state index contributed by atoms with van der Waals surface area (Å²) in [5.41, 5.74) is 8.43. The zero-order valence-corrected chi connectivity index (χ0v) is 19.9. The molecule has 0 saturated carbocycles. The second-order valence-electron chi connectivity index (χ2n) is 7.40. The Morgan fingerprint density at radius 3 is 2.55 bits per heavy atom. The Labute approximate surface area is 192 Å². The number of nitrogens with one attached hydrogen (secondary N) is 4. The van der Waals surface area contributed by atoms with Crippen LogP contribution in [-0.2, 0) is 0 Å². The third-order valence-electron chi connectivity index (χ3n) is 4.62. The van der Waals surface area contributed by atoms with Gasteiger partial charge in [0, 0.05) is 30.7 Å². The molecule has 9 heteroatoms. The number of carbonyl (C=O) groups excluding carboxylic acids is 1. The first kappa shape index (κ1) is 24.5. The Bertz CT molecular complexity index is 869. The summed E-state index contributed by atoms with van der Waals surface area (Å²) in [5.74, 6) is 1.60. The van der Waals surface area contributed by atoms with Crippen molar-refractivity contribution in [2.45, 2.75) is 40.0 Å². The number of nitrogens with zero attached hydrogens (tertiary/aromatic N) is 2. The summed E-state index contributed by atoms with van der Waals surface area (Å²) < 4.78 is 0.787. The highest BCUT2D eigenvalue weighted by Gasteiger charge is 2.08. The van der Waals surface area contributed by atoms with Crippen molar-refractivity contribution in [2.24, 2.45) is 11.7 Å². The van der Waals surface area contributed by atoms with E-state index in [4.69, 9.17) is 5.73 Å². The lowest BCUT2D eigenvalue weighted by atomic mass is 10.0. The summed E-state index contributed by atoms with van der Waals surface area (Å²) in [6, 6.07) is 7.17. The molecule has 0 spiro atoms. The number of benzene rings is 1. The second-order valence-corrected chi connectivity index (χ2v) is 8.25. The summed E-state index contributed by atoms with van der Waals surface area (Å²) >= 11 is 3.48. The minimum atomic E-state index is -0.203. The van der Waals surface area contributed by atoms with E-state index in [-0.39, 0.29) is 6.03 Å². The maximum Gasteiger partial charge on any atom is 0.319 e. The Morgan fingerprint density at radius 1 is 1.19 bits per heavy atom. The van der Waals surface area contributed by atoms with Crippen LogP contribution in [0.15, 0.2) is 46.7 Å². The van der Waals surface area contributed by atoms with Gasteiger partial charge in [-0.05, 0) is 65.2 Å². The molecular weight excluding hydrogens is 458 g/mol. The fraction of sp³-hybridized carbons (Fsp3) is 0.409. The van der Waals surface area contributed by atoms with Gasteiger partial charge in [-0.15, -0.1) is 0 Å². The van der Waals surface area contributed by atoms with Crippen molar-refractivity contribution in [3.8, 4) is 0 Å². The van der Waals surface area contributed by atoms with Crippen LogP contribution in [0.3, 0.4) is 0 Å². The van der Waals surface area contributed by atoms with E-state index in [1.165, 1.54) is 5.57 Å². The van der Waals surface area contributed by atoms with Gasteiger partial charge >= 0.3 is 6.03 Å². The Hall–Kier alpha value is -2.81. The number of aromatic nitrogens is 2. The van der Waals surface area contributed by atoms with E-state index in [0.29, 0.717) is 29.9 Å². The Morgan fingerprint density at radius 2 is 1.90 bits per heavy atom. The van der Waals surface area contributed by atoms with Crippen molar-refractivity contribution in [1.82, 2.24) is 15.3 Å². The number of anilines is 4. The number of nitrogens with two attached hydrogens (primary N) is 1. The molecule has 31 heavy (non-hydrogen) atoms. The molecule has 1 heterocycles. The maximum absolute atomic E-state index is 11.8. The number of unbranched alkanes of at least 4 members (excludes halogenated alkanes) is 1. The molecule has 0 aliphatic carbocycles. The number of urea groups is 1. The highest BCUT2D eigenvalue weighted by molar-refractivity contribution is 9.10. The average molecular weight is 490 g/mol. The van der Waals surface area contributed by atoms with E-state index >= 15 is 0 Å². The van der Waals surface area contributed by atoms with Gasteiger partial charge in [-0.3, -0.25) is 0 Å². The molecule has 0 saturated heterocycles. The van der Waals surface area contributed by atoms with Crippen molar-refractivity contribution < 1.29 is 4.79 Å². The summed E-state index contributed by atoms with van der Waals surface area (Å²) in [6.07, 6.45) is 6.23. The molecule has 8 nitrogen and oxygen atoms in total. The van der Waals surface area contributed by atoms with Crippen LogP contribution in [0.1, 0.15) is 40.0 Å². The smallest absolute Gasteiger partial charge is 0.319 e. The third-order valence-corrected chi connectivity index (χ3v) is 5.20. The fourth-order valence-electron chi connectivity index (χ4n) is 2.76. The molecule has 0 atom stereocenters. The predicted octanol–water partition coefficient (Wildman–Crippen LogP) is 5.20. The Balaban J connectivity index is 1.92. The van der Waals surface area contributed by atoms with Crippen LogP contribution in [-0.4, -0.2) is 29.1 Å². The highest BCUT2D eigenvalue weighted by Crippen LogP contribution is 2.23. The molecule has 1 aromatic heterocycles. The van der Waals surface area contributed by atoms with Gasteiger partial charge in [0.2, 0.25) is 5.95 Å². The Kier molecular flexibility index (Phi) is 10.1. The first-order chi connectivity index (χ1) is 14.9. The zero-order valence-electron chi connectivity index (χ0n) is 18.3. The van der Waals surface area contributed by atoms with Crippen LogP contribution in [0.25, 0.3) is 0 Å². The van der Waals surface area contributed by atoms with Gasteiger partial charge in [0.15, 0.2) is 0 Å². The molecule has 0 aliphatic rings. The number of amides is 2. The molecule has 2 aromatic rings. The van der Waals surface area contributed by atoms with E-state index in [1.54, 1.807) is 12.4 Å². The lowest BCUT2D eigenvalue weighted by Crippen LogP contribution is -2.29. The first-order valence-corrected chi connectivity index (χ1v) is 11.3. The van der Waals surface area contributed by atoms with Crippen molar-refractivity contribution in [3.63, 3.8) is 0 Å². The normalized spacial score (nSPS) is 11.3. The number of rotatable bonds is 11. The monoisotopic (exact) mass is 489 g/mol. The topological polar surface area (TPSA) is 117 Å². The molecule has 0 aliphatic heterocycles. The van der Waals surface area contributed by atoms with Crippen LogP contribution < -0.4 is 27.0 Å². The number of hydrogen-bond acceptors (Lipinski definition) is 6. The molecule has 2 rings (SSSR count). The van der Waals surface area contributed by atoms with Crippen molar-refractivity contribution >= 4 is 45.1 Å². The summed E-state index contributed by atoms with van der Waals surface area (Å²) in [6.45, 7) is 7.72. The number of hydrogen-bond donors (Lipinski definition) is 5. The fourth-order valence-corrected chi connectivity index (χ4v) is 3.09. The second kappa shape index (κ2) is 12.8. The van der Waals surface area contributed by atoms with Gasteiger partial charge in [-0.25, -0.2) is 9.78 Å². The molecule has 0 unspecified atom stereocenters. The number of carbonyl (C=O) groups is 1. The largest absolute Gasteiger partial charge is 0.405 e. The van der Waals surface area contributed by atoms with Gasteiger partial charge in [0.05, 0.1) is 4.47 Å². The molecule has 6 N–H and O–H groups in total. The van der Waals surface area contributed by atoms with Crippen molar-refractivity contribution in [3.05, 3.63) is 46.7 Å². The van der Waals surface area contributed by atoms with Crippen molar-refractivity contribution in [2.75, 3.05) is 29.0 Å². The highest BCUT2D eigenvalue weighted by atomic mass is 79.9. The van der Waals surface area contributed by atoms with Gasteiger partial charge in [0.1, 0.15) is 5.82 Å². The van der Waals surface area contributed by atoms with E-state index in [2.05, 4.69) is 67.9 Å². The van der Waals surface area contributed by atoms with Gasteiger partial charge in [-0.1, -0.05) is 32.8 Å². The predicted molar refractivity (Wildman–Crippen MR) is 132 cm³/mol. The molecule has 1 aromatic carbocycles. The van der Waals surface area contributed by atoms with Crippen LogP contribution >= 0.6 is 15.9 Å². The molecule has 168 valence electrons. The van der Waals surface area contributed by atoms with Crippen LogP contribution in [0, 0.1) is 5.92 Å². The van der Waals surface area contributed by atoms with E-state index in [9.17, 15) is 4.79 Å². The quantitative estimate of drug-likeness (QED) is 0.276.